The number of esters is 3. The summed E-state index contributed by atoms with van der Waals surface area (Å²) < 4.78 is 17.0. The summed E-state index contributed by atoms with van der Waals surface area (Å²) in [6.07, 6.45) is 77.7. The van der Waals surface area contributed by atoms with Gasteiger partial charge >= 0.3 is 17.9 Å². The molecule has 0 aromatic heterocycles. The fourth-order valence-corrected chi connectivity index (χ4v) is 10.4. The van der Waals surface area contributed by atoms with Crippen LogP contribution in [0.1, 0.15) is 380 Å². The van der Waals surface area contributed by atoms with Crippen LogP contribution in [0.3, 0.4) is 0 Å². The van der Waals surface area contributed by atoms with Crippen LogP contribution in [0.15, 0.2) is 24.3 Å². The quantitative estimate of drug-likeness (QED) is 0.0261. The van der Waals surface area contributed by atoms with E-state index in [0.717, 1.165) is 77.0 Å². The van der Waals surface area contributed by atoms with E-state index in [1.807, 2.05) is 0 Å². The van der Waals surface area contributed by atoms with E-state index in [4.69, 9.17) is 14.2 Å². The van der Waals surface area contributed by atoms with E-state index in [0.29, 0.717) is 19.3 Å². The highest BCUT2D eigenvalue weighted by atomic mass is 16.6. The second kappa shape index (κ2) is 64.4. The molecule has 0 aromatic rings. The van der Waals surface area contributed by atoms with Gasteiger partial charge in [0.15, 0.2) is 6.10 Å². The van der Waals surface area contributed by atoms with Gasteiger partial charge in [-0.1, -0.05) is 334 Å². The van der Waals surface area contributed by atoms with Gasteiger partial charge in [-0.25, -0.2) is 0 Å². The number of carbonyl (C=O) groups excluding carboxylic acids is 3. The van der Waals surface area contributed by atoms with Crippen molar-refractivity contribution >= 4 is 17.9 Å². The topological polar surface area (TPSA) is 78.9 Å². The zero-order valence-corrected chi connectivity index (χ0v) is 50.8. The predicted octanol–water partition coefficient (Wildman–Crippen LogP) is 23.0. The molecular formula is C69H130O6. The number of rotatable bonds is 63. The van der Waals surface area contributed by atoms with Crippen molar-refractivity contribution in [2.45, 2.75) is 386 Å². The van der Waals surface area contributed by atoms with Crippen LogP contribution in [0.5, 0.6) is 0 Å². The smallest absolute Gasteiger partial charge is 0.306 e. The Bertz CT molecular complexity index is 1210. The van der Waals surface area contributed by atoms with Crippen molar-refractivity contribution < 1.29 is 28.6 Å². The van der Waals surface area contributed by atoms with Gasteiger partial charge in [-0.3, -0.25) is 14.4 Å². The zero-order valence-electron chi connectivity index (χ0n) is 50.8. The van der Waals surface area contributed by atoms with Crippen LogP contribution in [0.2, 0.25) is 0 Å². The molecule has 0 saturated carbocycles. The minimum atomic E-state index is -0.773. The van der Waals surface area contributed by atoms with Crippen LogP contribution in [0.25, 0.3) is 0 Å². The van der Waals surface area contributed by atoms with E-state index < -0.39 is 6.10 Å². The van der Waals surface area contributed by atoms with Gasteiger partial charge in [0.25, 0.3) is 0 Å². The number of hydrogen-bond donors (Lipinski definition) is 0. The van der Waals surface area contributed by atoms with Crippen molar-refractivity contribution in [3.63, 3.8) is 0 Å². The Kier molecular flexibility index (Phi) is 62.6. The van der Waals surface area contributed by atoms with Gasteiger partial charge < -0.3 is 14.2 Å². The molecule has 0 aromatic carbocycles. The molecule has 6 nitrogen and oxygen atoms in total. The first-order chi connectivity index (χ1) is 37.0. The van der Waals surface area contributed by atoms with E-state index in [2.05, 4.69) is 45.1 Å². The summed E-state index contributed by atoms with van der Waals surface area (Å²) >= 11 is 0. The molecule has 0 saturated heterocycles. The van der Waals surface area contributed by atoms with Gasteiger partial charge in [0, 0.05) is 19.3 Å². The van der Waals surface area contributed by atoms with Crippen LogP contribution in [0, 0.1) is 0 Å². The first-order valence-corrected chi connectivity index (χ1v) is 33.8. The second-order valence-corrected chi connectivity index (χ2v) is 23.1. The average molecular weight is 1060 g/mol. The molecule has 0 N–H and O–H groups in total. The van der Waals surface area contributed by atoms with E-state index >= 15 is 0 Å². The van der Waals surface area contributed by atoms with Crippen molar-refractivity contribution in [2.24, 2.45) is 0 Å². The molecule has 0 amide bonds. The molecule has 0 aliphatic heterocycles. The molecule has 75 heavy (non-hydrogen) atoms. The summed E-state index contributed by atoms with van der Waals surface area (Å²) in [5.74, 6) is -0.852. The largest absolute Gasteiger partial charge is 0.462 e. The molecule has 0 aliphatic rings. The Labute approximate surface area is 468 Å². The monoisotopic (exact) mass is 1050 g/mol. The van der Waals surface area contributed by atoms with Gasteiger partial charge in [-0.05, 0) is 51.4 Å². The highest BCUT2D eigenvalue weighted by Gasteiger charge is 2.19. The molecule has 0 rings (SSSR count). The van der Waals surface area contributed by atoms with Gasteiger partial charge in [0.2, 0.25) is 0 Å². The predicted molar refractivity (Wildman–Crippen MR) is 326 cm³/mol. The number of allylic oxidation sites excluding steroid dienone is 4. The Morgan fingerprint density at radius 3 is 0.760 bits per heavy atom. The van der Waals surface area contributed by atoms with Gasteiger partial charge in [0.1, 0.15) is 13.2 Å². The minimum absolute atomic E-state index is 0.0693. The van der Waals surface area contributed by atoms with Crippen LogP contribution in [-0.4, -0.2) is 37.2 Å². The molecule has 0 unspecified atom stereocenters. The van der Waals surface area contributed by atoms with Crippen LogP contribution >= 0.6 is 0 Å². The van der Waals surface area contributed by atoms with Crippen molar-refractivity contribution in [3.8, 4) is 0 Å². The molecule has 0 radical (unpaired) electrons. The minimum Gasteiger partial charge on any atom is -0.462 e. The Morgan fingerprint density at radius 1 is 0.267 bits per heavy atom. The third-order valence-electron chi connectivity index (χ3n) is 15.5. The summed E-state index contributed by atoms with van der Waals surface area (Å²) in [5, 5.41) is 0. The lowest BCUT2D eigenvalue weighted by Crippen LogP contribution is -2.30. The third kappa shape index (κ3) is 62.6. The molecule has 0 heterocycles. The van der Waals surface area contributed by atoms with Crippen molar-refractivity contribution in [3.05, 3.63) is 24.3 Å². The molecule has 0 spiro atoms. The highest BCUT2D eigenvalue weighted by Crippen LogP contribution is 2.19. The molecule has 6 heteroatoms. The zero-order chi connectivity index (χ0) is 54.3. The van der Waals surface area contributed by atoms with Gasteiger partial charge in [-0.15, -0.1) is 0 Å². The average Bonchev–Trinajstić information content (AvgIpc) is 3.41. The molecule has 0 bridgehead atoms. The number of ether oxygens (including phenoxy) is 3. The summed E-state index contributed by atoms with van der Waals surface area (Å²) in [7, 11) is 0. The Balaban J connectivity index is 4.28. The van der Waals surface area contributed by atoms with E-state index in [1.165, 1.54) is 263 Å². The lowest BCUT2D eigenvalue weighted by molar-refractivity contribution is -0.167. The maximum Gasteiger partial charge on any atom is 0.306 e. The second-order valence-electron chi connectivity index (χ2n) is 23.1. The standard InChI is InChI=1S/C69H130O6/c1-4-7-10-13-16-19-22-25-28-30-32-34-36-38-41-44-47-50-53-56-59-62-68(71)74-65-66(64-73-67(70)61-58-55-52-49-46-43-40-27-24-21-18-15-12-9-6-3)75-69(72)63-60-57-54-51-48-45-42-39-37-35-33-31-29-26-23-20-17-14-11-8-5-2/h18,21,27,40,66H,4-17,19-20,22-26,28-39,41-65H2,1-3H3/b21-18-,40-27-/t66-/m1/s1. The Morgan fingerprint density at radius 2 is 0.480 bits per heavy atom. The fraction of sp³-hybridized carbons (Fsp3) is 0.899. The fourth-order valence-electron chi connectivity index (χ4n) is 10.4. The van der Waals surface area contributed by atoms with Crippen molar-refractivity contribution in [2.75, 3.05) is 13.2 Å². The van der Waals surface area contributed by atoms with Crippen molar-refractivity contribution in [1.82, 2.24) is 0 Å². The molecular weight excluding hydrogens is 925 g/mol. The van der Waals surface area contributed by atoms with Crippen LogP contribution in [-0.2, 0) is 28.6 Å². The molecule has 0 fully saturated rings. The number of unbranched alkanes of at least 4 members (excludes halogenated alkanes) is 48. The number of carbonyl (C=O) groups is 3. The summed E-state index contributed by atoms with van der Waals surface area (Å²) in [6, 6.07) is 0. The van der Waals surface area contributed by atoms with E-state index in [-0.39, 0.29) is 31.1 Å². The number of hydrogen-bond acceptors (Lipinski definition) is 6. The SMILES string of the molecule is CCCCC/C=C\C/C=C\CCCCCCCC(=O)OC[C@H](COC(=O)CCCCCCCCCCCCCCCCCCCCCCC)OC(=O)CCCCCCCCCCCCCCCCCCCCCCC. The molecule has 442 valence electrons. The summed E-state index contributed by atoms with van der Waals surface area (Å²) in [6.45, 7) is 6.69. The van der Waals surface area contributed by atoms with Crippen LogP contribution in [0.4, 0.5) is 0 Å². The highest BCUT2D eigenvalue weighted by molar-refractivity contribution is 5.71. The summed E-state index contributed by atoms with van der Waals surface area (Å²) in [4.78, 5) is 38.4. The normalized spacial score (nSPS) is 12.1. The molecule has 0 aliphatic carbocycles. The summed E-state index contributed by atoms with van der Waals surface area (Å²) in [5.41, 5.74) is 0. The van der Waals surface area contributed by atoms with Crippen molar-refractivity contribution in [1.29, 1.82) is 0 Å². The first kappa shape index (κ1) is 72.9. The van der Waals surface area contributed by atoms with E-state index in [1.54, 1.807) is 0 Å². The Hall–Kier alpha value is -2.11. The van der Waals surface area contributed by atoms with Crippen LogP contribution < -0.4 is 0 Å². The maximum atomic E-state index is 12.9. The lowest BCUT2D eigenvalue weighted by atomic mass is 10.0. The molecule has 1 atom stereocenters. The van der Waals surface area contributed by atoms with Gasteiger partial charge in [-0.2, -0.15) is 0 Å². The third-order valence-corrected chi connectivity index (χ3v) is 15.5. The van der Waals surface area contributed by atoms with Gasteiger partial charge in [0.05, 0.1) is 0 Å². The maximum absolute atomic E-state index is 12.9. The van der Waals surface area contributed by atoms with E-state index in [9.17, 15) is 14.4 Å². The lowest BCUT2D eigenvalue weighted by Gasteiger charge is -2.18. The first-order valence-electron chi connectivity index (χ1n) is 33.8.